The van der Waals surface area contributed by atoms with Gasteiger partial charge in [-0.05, 0) is 61.5 Å². The molecular weight excluding hydrogens is 328 g/mol. The second-order valence-electron chi connectivity index (χ2n) is 8.56. The Hall–Kier alpha value is -1.84. The molecule has 5 atom stereocenters. The van der Waals surface area contributed by atoms with E-state index >= 15 is 0 Å². The van der Waals surface area contributed by atoms with E-state index < -0.39 is 0 Å². The predicted octanol–water partition coefficient (Wildman–Crippen LogP) is 4.37. The lowest BCUT2D eigenvalue weighted by molar-refractivity contribution is -0.139. The Kier molecular flexibility index (Phi) is 4.02. The largest absolute Gasteiger partial charge is 0.422 e. The average molecular weight is 354 g/mol. The molecule has 0 heterocycles. The number of hydrogen-bond acceptors (Lipinski definition) is 4. The zero-order valence-corrected chi connectivity index (χ0v) is 15.1. The first-order valence-electron chi connectivity index (χ1n) is 10.3. The van der Waals surface area contributed by atoms with Crippen LogP contribution in [0.5, 0.6) is 11.5 Å². The summed E-state index contributed by atoms with van der Waals surface area (Å²) >= 11 is 0. The minimum Gasteiger partial charge on any atom is -0.422 e. The van der Waals surface area contributed by atoms with E-state index in [-0.39, 0.29) is 23.8 Å². The van der Waals surface area contributed by atoms with Crippen molar-refractivity contribution >= 4 is 11.9 Å². The van der Waals surface area contributed by atoms with E-state index in [1.165, 1.54) is 25.7 Å². The summed E-state index contributed by atoms with van der Waals surface area (Å²) in [5, 5.41) is 0. The Morgan fingerprint density at radius 3 is 1.35 bits per heavy atom. The molecule has 4 fully saturated rings. The number of esters is 2. The molecule has 1 aromatic carbocycles. The molecule has 4 aliphatic rings. The second kappa shape index (κ2) is 6.40. The maximum atomic E-state index is 12.6. The van der Waals surface area contributed by atoms with E-state index in [1.807, 2.05) is 12.1 Å². The van der Waals surface area contributed by atoms with Gasteiger partial charge in [-0.15, -0.1) is 0 Å². The third kappa shape index (κ3) is 2.83. The van der Waals surface area contributed by atoms with Crippen LogP contribution in [0.15, 0.2) is 24.3 Å². The number of benzene rings is 1. The number of fused-ring (bicyclic) bond motifs is 2. The van der Waals surface area contributed by atoms with Gasteiger partial charge in [0.2, 0.25) is 0 Å². The van der Waals surface area contributed by atoms with Crippen LogP contribution in [0.4, 0.5) is 0 Å². The second-order valence-corrected chi connectivity index (χ2v) is 8.56. The molecular formula is C22H26O4. The highest BCUT2D eigenvalue weighted by molar-refractivity contribution is 5.82. The quantitative estimate of drug-likeness (QED) is 0.595. The Morgan fingerprint density at radius 1 is 0.654 bits per heavy atom. The Balaban J connectivity index is 1.24. The maximum Gasteiger partial charge on any atom is 0.315 e. The van der Waals surface area contributed by atoms with Gasteiger partial charge in [-0.1, -0.05) is 37.8 Å². The Morgan fingerprint density at radius 2 is 1.00 bits per heavy atom. The highest BCUT2D eigenvalue weighted by Gasteiger charge is 2.57. The fourth-order valence-electron chi connectivity index (χ4n) is 5.66. The number of para-hydroxylation sites is 2. The van der Waals surface area contributed by atoms with Gasteiger partial charge in [0, 0.05) is 0 Å². The molecule has 4 aliphatic carbocycles. The Bertz CT molecular complexity index is 642. The van der Waals surface area contributed by atoms with Gasteiger partial charge in [-0.2, -0.15) is 0 Å². The fraction of sp³-hybridized carbons (Fsp3) is 0.636. The molecule has 0 saturated heterocycles. The fourth-order valence-corrected chi connectivity index (χ4v) is 5.66. The number of ether oxygens (including phenoxy) is 2. The summed E-state index contributed by atoms with van der Waals surface area (Å²) in [6.45, 7) is 0. The normalized spacial score (nSPS) is 37.1. The van der Waals surface area contributed by atoms with Crippen LogP contribution in [0.3, 0.4) is 0 Å². The number of carbonyl (C=O) groups excluding carboxylic acids is 2. The lowest BCUT2D eigenvalue weighted by Crippen LogP contribution is -2.16. The van der Waals surface area contributed by atoms with E-state index in [0.29, 0.717) is 35.2 Å². The summed E-state index contributed by atoms with van der Waals surface area (Å²) in [6.07, 6.45) is 9.48. The molecule has 5 rings (SSSR count). The van der Waals surface area contributed by atoms with Crippen molar-refractivity contribution in [2.24, 2.45) is 35.5 Å². The first kappa shape index (κ1) is 16.3. The Labute approximate surface area is 154 Å². The highest BCUT2D eigenvalue weighted by atomic mass is 16.6. The summed E-state index contributed by atoms with van der Waals surface area (Å²) < 4.78 is 11.3. The molecule has 1 unspecified atom stereocenters. The maximum absolute atomic E-state index is 12.6. The van der Waals surface area contributed by atoms with Crippen molar-refractivity contribution in [3.63, 3.8) is 0 Å². The van der Waals surface area contributed by atoms with E-state index in [4.69, 9.17) is 9.47 Å². The average Bonchev–Trinajstić information content (AvgIpc) is 3.55. The van der Waals surface area contributed by atoms with Gasteiger partial charge >= 0.3 is 11.9 Å². The molecule has 4 nitrogen and oxygen atoms in total. The van der Waals surface area contributed by atoms with Gasteiger partial charge in [0.25, 0.3) is 0 Å². The first-order valence-corrected chi connectivity index (χ1v) is 10.3. The number of rotatable bonds is 4. The van der Waals surface area contributed by atoms with Crippen molar-refractivity contribution in [2.75, 3.05) is 0 Å². The van der Waals surface area contributed by atoms with Gasteiger partial charge in [0.05, 0.1) is 11.8 Å². The van der Waals surface area contributed by atoms with Crippen molar-refractivity contribution < 1.29 is 19.1 Å². The summed E-state index contributed by atoms with van der Waals surface area (Å²) in [4.78, 5) is 25.1. The van der Waals surface area contributed by atoms with Crippen LogP contribution >= 0.6 is 0 Å². The van der Waals surface area contributed by atoms with E-state index in [2.05, 4.69) is 0 Å². The SMILES string of the molecule is O=C(Oc1ccccc1OC(=O)C1[C@H]2CCCC[C@@H]12)C1[C@H]2CCCC[C@H]12. The number of hydrogen-bond donors (Lipinski definition) is 0. The molecule has 4 heteroatoms. The monoisotopic (exact) mass is 354 g/mol. The van der Waals surface area contributed by atoms with Crippen LogP contribution in [-0.4, -0.2) is 11.9 Å². The highest BCUT2D eigenvalue weighted by Crippen LogP contribution is 2.57. The minimum atomic E-state index is -0.148. The third-order valence-electron chi connectivity index (χ3n) is 7.13. The molecule has 0 bridgehead atoms. The zero-order valence-electron chi connectivity index (χ0n) is 15.1. The van der Waals surface area contributed by atoms with Gasteiger partial charge in [-0.25, -0.2) is 0 Å². The van der Waals surface area contributed by atoms with E-state index in [9.17, 15) is 9.59 Å². The molecule has 0 amide bonds. The molecule has 0 spiro atoms. The molecule has 26 heavy (non-hydrogen) atoms. The van der Waals surface area contributed by atoms with Crippen LogP contribution in [0.25, 0.3) is 0 Å². The van der Waals surface area contributed by atoms with E-state index in [0.717, 1.165) is 25.7 Å². The summed E-state index contributed by atoms with van der Waals surface area (Å²) in [5.41, 5.74) is 0. The lowest BCUT2D eigenvalue weighted by Gasteiger charge is -2.10. The van der Waals surface area contributed by atoms with Crippen LogP contribution in [0.1, 0.15) is 51.4 Å². The van der Waals surface area contributed by atoms with Crippen molar-refractivity contribution in [3.05, 3.63) is 24.3 Å². The minimum absolute atomic E-state index is 0.0487. The molecule has 0 N–H and O–H groups in total. The predicted molar refractivity (Wildman–Crippen MR) is 95.6 cm³/mol. The van der Waals surface area contributed by atoms with Crippen LogP contribution in [0.2, 0.25) is 0 Å². The topological polar surface area (TPSA) is 52.6 Å². The van der Waals surface area contributed by atoms with Gasteiger partial charge in [-0.3, -0.25) is 9.59 Å². The first-order chi connectivity index (χ1) is 12.7. The molecule has 0 radical (unpaired) electrons. The van der Waals surface area contributed by atoms with E-state index in [1.54, 1.807) is 12.1 Å². The smallest absolute Gasteiger partial charge is 0.315 e. The van der Waals surface area contributed by atoms with Crippen molar-refractivity contribution in [1.29, 1.82) is 0 Å². The molecule has 138 valence electrons. The van der Waals surface area contributed by atoms with Gasteiger partial charge in [0.1, 0.15) is 0 Å². The third-order valence-corrected chi connectivity index (χ3v) is 7.13. The van der Waals surface area contributed by atoms with Gasteiger partial charge in [0.15, 0.2) is 11.5 Å². The standard InChI is InChI=1S/C22H26O4/c23-21(19-13-7-1-2-8-14(13)19)25-17-11-5-6-12-18(17)26-22(24)20-15-9-3-4-10-16(15)20/h5-6,11-16,19-20H,1-4,7-10H2/t13-,14-,15-,16+,20?/m0/s1. The number of carbonyl (C=O) groups is 2. The molecule has 4 saturated carbocycles. The van der Waals surface area contributed by atoms with Crippen LogP contribution in [0, 0.1) is 35.5 Å². The molecule has 0 aromatic heterocycles. The van der Waals surface area contributed by atoms with Gasteiger partial charge < -0.3 is 9.47 Å². The lowest BCUT2D eigenvalue weighted by atomic mass is 10.0. The van der Waals surface area contributed by atoms with Crippen LogP contribution in [-0.2, 0) is 9.59 Å². The summed E-state index contributed by atoms with van der Waals surface area (Å²) in [7, 11) is 0. The molecule has 1 aromatic rings. The zero-order chi connectivity index (χ0) is 17.7. The van der Waals surface area contributed by atoms with Crippen molar-refractivity contribution in [3.8, 4) is 11.5 Å². The molecule has 0 aliphatic heterocycles. The van der Waals surface area contributed by atoms with Crippen LogP contribution < -0.4 is 9.47 Å². The summed E-state index contributed by atoms with van der Waals surface area (Å²) in [5.74, 6) is 2.63. The van der Waals surface area contributed by atoms with Crippen molar-refractivity contribution in [1.82, 2.24) is 0 Å². The summed E-state index contributed by atoms with van der Waals surface area (Å²) in [6, 6.07) is 7.09. The van der Waals surface area contributed by atoms with Crippen molar-refractivity contribution in [2.45, 2.75) is 51.4 Å².